The third kappa shape index (κ3) is 4.58. The fourth-order valence-electron chi connectivity index (χ4n) is 2.36. The fourth-order valence-corrected chi connectivity index (χ4v) is 3.05. The Bertz CT molecular complexity index is 697. The molecule has 2 aromatic rings. The number of benzene rings is 1. The number of rotatable bonds is 8. The highest BCUT2D eigenvalue weighted by atomic mass is 32.1. The first-order valence-corrected chi connectivity index (χ1v) is 8.51. The summed E-state index contributed by atoms with van der Waals surface area (Å²) in [5, 5.41) is 4.75. The smallest absolute Gasteiger partial charge is 0.220 e. The molecule has 0 radical (unpaired) electrons. The van der Waals surface area contributed by atoms with Crippen LogP contribution < -0.4 is 14.8 Å². The third-order valence-electron chi connectivity index (χ3n) is 3.66. The zero-order valence-electron chi connectivity index (χ0n) is 14.0. The summed E-state index contributed by atoms with van der Waals surface area (Å²) in [6.07, 6.45) is 0.363. The minimum atomic E-state index is -0.251. The van der Waals surface area contributed by atoms with Crippen molar-refractivity contribution in [2.75, 3.05) is 14.2 Å². The Kier molecular flexibility index (Phi) is 6.37. The van der Waals surface area contributed by atoms with Gasteiger partial charge in [-0.05, 0) is 36.6 Å². The Morgan fingerprint density at radius 2 is 1.96 bits per heavy atom. The number of carbonyl (C=O) groups is 2. The molecule has 24 heavy (non-hydrogen) atoms. The molecule has 0 bridgehead atoms. The first-order chi connectivity index (χ1) is 11.5. The van der Waals surface area contributed by atoms with E-state index in [2.05, 4.69) is 5.32 Å². The van der Waals surface area contributed by atoms with Crippen molar-refractivity contribution in [3.8, 4) is 11.5 Å². The second kappa shape index (κ2) is 8.49. The van der Waals surface area contributed by atoms with Gasteiger partial charge in [0.25, 0.3) is 0 Å². The van der Waals surface area contributed by atoms with E-state index < -0.39 is 0 Å². The van der Waals surface area contributed by atoms with E-state index in [1.165, 1.54) is 11.3 Å². The second-order valence-corrected chi connectivity index (χ2v) is 6.25. The molecule has 0 saturated carbocycles. The number of thiophene rings is 1. The molecule has 1 amide bonds. The van der Waals surface area contributed by atoms with E-state index in [0.717, 1.165) is 5.56 Å². The van der Waals surface area contributed by atoms with Crippen molar-refractivity contribution in [2.45, 2.75) is 25.8 Å². The molecule has 1 aromatic heterocycles. The Labute approximate surface area is 145 Å². The van der Waals surface area contributed by atoms with Gasteiger partial charge in [0.1, 0.15) is 11.5 Å². The van der Waals surface area contributed by atoms with E-state index >= 15 is 0 Å². The van der Waals surface area contributed by atoms with Crippen LogP contribution in [0.2, 0.25) is 0 Å². The van der Waals surface area contributed by atoms with E-state index in [-0.39, 0.29) is 30.6 Å². The Balaban J connectivity index is 1.95. The van der Waals surface area contributed by atoms with E-state index in [4.69, 9.17) is 9.47 Å². The van der Waals surface area contributed by atoms with E-state index in [1.54, 1.807) is 32.4 Å². The fraction of sp³-hybridized carbons (Fsp3) is 0.333. The van der Waals surface area contributed by atoms with Crippen LogP contribution in [0.4, 0.5) is 0 Å². The summed E-state index contributed by atoms with van der Waals surface area (Å²) in [6, 6.07) is 8.79. The zero-order chi connectivity index (χ0) is 17.5. The summed E-state index contributed by atoms with van der Waals surface area (Å²) in [5.74, 6) is 1.20. The number of methoxy groups -OCH3 is 2. The lowest BCUT2D eigenvalue weighted by atomic mass is 10.1. The van der Waals surface area contributed by atoms with Crippen molar-refractivity contribution in [3.63, 3.8) is 0 Å². The van der Waals surface area contributed by atoms with Crippen LogP contribution in [0.5, 0.6) is 11.5 Å². The van der Waals surface area contributed by atoms with Gasteiger partial charge < -0.3 is 14.8 Å². The minimum absolute atomic E-state index is 0.00763. The Morgan fingerprint density at radius 3 is 2.58 bits per heavy atom. The van der Waals surface area contributed by atoms with E-state index in [0.29, 0.717) is 16.4 Å². The number of hydrogen-bond acceptors (Lipinski definition) is 5. The SMILES string of the molecule is COc1ccc(OC)c(C(C)NC(=O)CCC(=O)c2cccs2)c1. The molecule has 2 rings (SSSR count). The van der Waals surface area contributed by atoms with Gasteiger partial charge in [0.15, 0.2) is 5.78 Å². The van der Waals surface area contributed by atoms with Crippen LogP contribution in [-0.4, -0.2) is 25.9 Å². The van der Waals surface area contributed by atoms with Crippen LogP contribution in [0.15, 0.2) is 35.7 Å². The third-order valence-corrected chi connectivity index (χ3v) is 4.57. The van der Waals surface area contributed by atoms with Crippen molar-refractivity contribution < 1.29 is 19.1 Å². The van der Waals surface area contributed by atoms with Gasteiger partial charge in [-0.1, -0.05) is 6.07 Å². The molecule has 0 aliphatic rings. The standard InChI is InChI=1S/C18H21NO4S/c1-12(14-11-13(22-2)6-8-16(14)23-3)19-18(21)9-7-15(20)17-5-4-10-24-17/h4-6,8,10-12H,7,9H2,1-3H3,(H,19,21). The molecular weight excluding hydrogens is 326 g/mol. The van der Waals surface area contributed by atoms with Crippen molar-refractivity contribution in [2.24, 2.45) is 0 Å². The average molecular weight is 347 g/mol. The molecule has 0 aliphatic heterocycles. The summed E-state index contributed by atoms with van der Waals surface area (Å²) in [4.78, 5) is 24.8. The zero-order valence-corrected chi connectivity index (χ0v) is 14.8. The minimum Gasteiger partial charge on any atom is -0.497 e. The van der Waals surface area contributed by atoms with Crippen LogP contribution in [0.3, 0.4) is 0 Å². The van der Waals surface area contributed by atoms with Gasteiger partial charge in [0.2, 0.25) is 5.91 Å². The summed E-state index contributed by atoms with van der Waals surface area (Å²) in [6.45, 7) is 1.87. The summed E-state index contributed by atoms with van der Waals surface area (Å²) < 4.78 is 10.6. The number of Topliss-reactive ketones (excluding diaryl/α,β-unsaturated/α-hetero) is 1. The molecule has 0 saturated heterocycles. The molecule has 1 aromatic carbocycles. The van der Waals surface area contributed by atoms with E-state index in [1.807, 2.05) is 24.4 Å². The van der Waals surface area contributed by atoms with Gasteiger partial charge >= 0.3 is 0 Å². The molecule has 5 nitrogen and oxygen atoms in total. The largest absolute Gasteiger partial charge is 0.497 e. The van der Waals surface area contributed by atoms with Crippen LogP contribution in [0.25, 0.3) is 0 Å². The van der Waals surface area contributed by atoms with Gasteiger partial charge in [-0.3, -0.25) is 9.59 Å². The monoisotopic (exact) mass is 347 g/mol. The van der Waals surface area contributed by atoms with Gasteiger partial charge in [-0.25, -0.2) is 0 Å². The van der Waals surface area contributed by atoms with Crippen molar-refractivity contribution in [1.29, 1.82) is 0 Å². The molecular formula is C18H21NO4S. The quantitative estimate of drug-likeness (QED) is 0.741. The normalized spacial score (nSPS) is 11.6. The van der Waals surface area contributed by atoms with Crippen molar-refractivity contribution in [3.05, 3.63) is 46.2 Å². The summed E-state index contributed by atoms with van der Waals surface area (Å²) in [5.41, 5.74) is 0.829. The maximum atomic E-state index is 12.1. The summed E-state index contributed by atoms with van der Waals surface area (Å²) in [7, 11) is 3.17. The molecule has 1 atom stereocenters. The number of nitrogens with one attached hydrogen (secondary N) is 1. The predicted octanol–water partition coefficient (Wildman–Crippen LogP) is 3.61. The maximum Gasteiger partial charge on any atom is 0.220 e. The molecule has 0 fully saturated rings. The average Bonchev–Trinajstić information content (AvgIpc) is 3.13. The highest BCUT2D eigenvalue weighted by Crippen LogP contribution is 2.29. The molecule has 1 unspecified atom stereocenters. The second-order valence-electron chi connectivity index (χ2n) is 5.30. The van der Waals surface area contributed by atoms with Crippen LogP contribution >= 0.6 is 11.3 Å². The molecule has 1 N–H and O–H groups in total. The van der Waals surface area contributed by atoms with Crippen LogP contribution in [-0.2, 0) is 4.79 Å². The molecule has 1 heterocycles. The Morgan fingerprint density at radius 1 is 1.17 bits per heavy atom. The first-order valence-electron chi connectivity index (χ1n) is 7.63. The predicted molar refractivity (Wildman–Crippen MR) is 94.0 cm³/mol. The lowest BCUT2D eigenvalue weighted by Crippen LogP contribution is -2.27. The highest BCUT2D eigenvalue weighted by molar-refractivity contribution is 7.12. The molecule has 0 spiro atoms. The number of ether oxygens (including phenoxy) is 2. The topological polar surface area (TPSA) is 64.6 Å². The van der Waals surface area contributed by atoms with Crippen LogP contribution in [0, 0.1) is 0 Å². The lowest BCUT2D eigenvalue weighted by Gasteiger charge is -2.18. The van der Waals surface area contributed by atoms with Gasteiger partial charge in [-0.15, -0.1) is 11.3 Å². The molecule has 6 heteroatoms. The highest BCUT2D eigenvalue weighted by Gasteiger charge is 2.16. The number of carbonyl (C=O) groups excluding carboxylic acids is 2. The van der Waals surface area contributed by atoms with Crippen LogP contribution in [0.1, 0.15) is 41.0 Å². The van der Waals surface area contributed by atoms with Crippen molar-refractivity contribution >= 4 is 23.0 Å². The maximum absolute atomic E-state index is 12.1. The number of amides is 1. The van der Waals surface area contributed by atoms with Gasteiger partial charge in [0, 0.05) is 18.4 Å². The molecule has 128 valence electrons. The first kappa shape index (κ1) is 18.0. The number of hydrogen-bond donors (Lipinski definition) is 1. The lowest BCUT2D eigenvalue weighted by molar-refractivity contribution is -0.121. The van der Waals surface area contributed by atoms with Gasteiger partial charge in [-0.2, -0.15) is 0 Å². The summed E-state index contributed by atoms with van der Waals surface area (Å²) >= 11 is 1.39. The Hall–Kier alpha value is -2.34. The van der Waals surface area contributed by atoms with Crippen molar-refractivity contribution in [1.82, 2.24) is 5.32 Å². The molecule has 0 aliphatic carbocycles. The van der Waals surface area contributed by atoms with Gasteiger partial charge in [0.05, 0.1) is 25.1 Å². The van der Waals surface area contributed by atoms with E-state index in [9.17, 15) is 9.59 Å². The number of ketones is 1.